The number of likely N-dealkylation sites (N-methyl/N-ethyl adjacent to an activating group) is 1. The van der Waals surface area contributed by atoms with Crippen molar-refractivity contribution in [2.24, 2.45) is 0 Å². The third-order valence-electron chi connectivity index (χ3n) is 4.26. The predicted molar refractivity (Wildman–Crippen MR) is 112 cm³/mol. The first-order valence-electron chi connectivity index (χ1n) is 8.20. The van der Waals surface area contributed by atoms with Gasteiger partial charge in [-0.1, -0.05) is 22.9 Å². The summed E-state index contributed by atoms with van der Waals surface area (Å²) < 4.78 is 0.965. The quantitative estimate of drug-likeness (QED) is 0.645. The molecular weight excluding hydrogens is 425 g/mol. The van der Waals surface area contributed by atoms with Crippen LogP contribution in [-0.2, 0) is 0 Å². The predicted octanol–water partition coefficient (Wildman–Crippen LogP) is 4.37. The van der Waals surface area contributed by atoms with E-state index in [1.807, 2.05) is 25.1 Å². The SMILES string of the molecule is CCNCCNC(=O)c1c(C)c(C2CC2)nc2ccc(Br)cc12.Cl.Cl. The molecule has 1 fully saturated rings. The summed E-state index contributed by atoms with van der Waals surface area (Å²) in [6, 6.07) is 5.96. The van der Waals surface area contributed by atoms with Crippen LogP contribution in [0.4, 0.5) is 0 Å². The van der Waals surface area contributed by atoms with Crippen molar-refractivity contribution in [1.29, 1.82) is 0 Å². The summed E-state index contributed by atoms with van der Waals surface area (Å²) in [5, 5.41) is 7.17. The summed E-state index contributed by atoms with van der Waals surface area (Å²) in [4.78, 5) is 17.6. The van der Waals surface area contributed by atoms with E-state index in [0.29, 0.717) is 12.5 Å². The largest absolute Gasteiger partial charge is 0.351 e. The standard InChI is InChI=1S/C18H22BrN3O.2ClH/c1-3-20-8-9-21-18(23)16-11(2)17(12-4-5-12)22-15-7-6-13(19)10-14(15)16;;/h6-7,10,12,20H,3-5,8-9H2,1-2H3,(H,21,23);2*1H. The van der Waals surface area contributed by atoms with E-state index in [-0.39, 0.29) is 30.7 Å². The number of carbonyl (C=O) groups is 1. The molecule has 0 aliphatic heterocycles. The Morgan fingerprint density at radius 2 is 2.00 bits per heavy atom. The van der Waals surface area contributed by atoms with E-state index in [2.05, 4.69) is 33.5 Å². The molecule has 0 saturated heterocycles. The molecule has 0 atom stereocenters. The van der Waals surface area contributed by atoms with Gasteiger partial charge in [-0.05, 0) is 50.1 Å². The van der Waals surface area contributed by atoms with Gasteiger partial charge in [0, 0.05) is 34.6 Å². The van der Waals surface area contributed by atoms with Gasteiger partial charge in [-0.25, -0.2) is 0 Å². The van der Waals surface area contributed by atoms with Crippen molar-refractivity contribution in [2.45, 2.75) is 32.6 Å². The molecule has 1 amide bonds. The van der Waals surface area contributed by atoms with Gasteiger partial charge >= 0.3 is 0 Å². The fraction of sp³-hybridized carbons (Fsp3) is 0.444. The summed E-state index contributed by atoms with van der Waals surface area (Å²) in [7, 11) is 0. The zero-order chi connectivity index (χ0) is 16.4. The van der Waals surface area contributed by atoms with E-state index in [1.54, 1.807) is 0 Å². The van der Waals surface area contributed by atoms with Crippen molar-refractivity contribution in [2.75, 3.05) is 19.6 Å². The first-order chi connectivity index (χ1) is 11.1. The number of nitrogens with one attached hydrogen (secondary N) is 2. The highest BCUT2D eigenvalue weighted by atomic mass is 79.9. The minimum Gasteiger partial charge on any atom is -0.351 e. The number of aromatic nitrogens is 1. The number of nitrogens with zero attached hydrogens (tertiary/aromatic N) is 1. The highest BCUT2D eigenvalue weighted by molar-refractivity contribution is 9.10. The van der Waals surface area contributed by atoms with Crippen LogP contribution in [0.2, 0.25) is 0 Å². The van der Waals surface area contributed by atoms with Gasteiger partial charge in [0.15, 0.2) is 0 Å². The van der Waals surface area contributed by atoms with Crippen molar-refractivity contribution in [3.05, 3.63) is 39.5 Å². The number of pyridine rings is 1. The molecule has 3 rings (SSSR count). The lowest BCUT2D eigenvalue weighted by molar-refractivity contribution is 0.0955. The van der Waals surface area contributed by atoms with Gasteiger partial charge in [0.25, 0.3) is 5.91 Å². The second kappa shape index (κ2) is 9.72. The van der Waals surface area contributed by atoms with Crippen LogP contribution in [0.3, 0.4) is 0 Å². The Kier molecular flexibility index (Phi) is 8.61. The molecule has 25 heavy (non-hydrogen) atoms. The number of halogens is 3. The molecule has 1 aliphatic carbocycles. The number of rotatable bonds is 6. The lowest BCUT2D eigenvalue weighted by Gasteiger charge is -2.15. The van der Waals surface area contributed by atoms with Crippen molar-refractivity contribution in [3.8, 4) is 0 Å². The van der Waals surface area contributed by atoms with E-state index in [0.717, 1.165) is 45.3 Å². The fourth-order valence-electron chi connectivity index (χ4n) is 2.93. The Bertz CT molecular complexity index is 751. The molecule has 1 aromatic heterocycles. The van der Waals surface area contributed by atoms with Crippen LogP contribution in [-0.4, -0.2) is 30.5 Å². The lowest BCUT2D eigenvalue weighted by atomic mass is 9.98. The summed E-state index contributed by atoms with van der Waals surface area (Å²) in [5.41, 5.74) is 3.79. The van der Waals surface area contributed by atoms with Crippen molar-refractivity contribution in [3.63, 3.8) is 0 Å². The molecule has 138 valence electrons. The van der Waals surface area contributed by atoms with Crippen LogP contribution in [0.1, 0.15) is 47.3 Å². The molecule has 2 aromatic rings. The Balaban J connectivity index is 0.00000156. The average molecular weight is 449 g/mol. The fourth-order valence-corrected chi connectivity index (χ4v) is 3.29. The number of fused-ring (bicyclic) bond motifs is 1. The Morgan fingerprint density at radius 3 is 2.64 bits per heavy atom. The monoisotopic (exact) mass is 447 g/mol. The third-order valence-corrected chi connectivity index (χ3v) is 4.75. The van der Waals surface area contributed by atoms with Gasteiger partial charge in [-0.15, -0.1) is 24.8 Å². The van der Waals surface area contributed by atoms with Gasteiger partial charge in [-0.2, -0.15) is 0 Å². The van der Waals surface area contributed by atoms with Crippen LogP contribution in [0.15, 0.2) is 22.7 Å². The highest BCUT2D eigenvalue weighted by Crippen LogP contribution is 2.42. The Labute approximate surface area is 169 Å². The van der Waals surface area contributed by atoms with Gasteiger partial charge in [0.1, 0.15) is 0 Å². The molecule has 1 aromatic carbocycles. The van der Waals surface area contributed by atoms with Gasteiger partial charge in [-0.3, -0.25) is 9.78 Å². The molecule has 0 radical (unpaired) electrons. The molecule has 7 heteroatoms. The lowest BCUT2D eigenvalue weighted by Crippen LogP contribution is -2.32. The third kappa shape index (κ3) is 5.07. The smallest absolute Gasteiger partial charge is 0.252 e. The van der Waals surface area contributed by atoms with E-state index in [9.17, 15) is 4.79 Å². The molecule has 4 nitrogen and oxygen atoms in total. The van der Waals surface area contributed by atoms with Crippen molar-refractivity contribution in [1.82, 2.24) is 15.6 Å². The topological polar surface area (TPSA) is 54.0 Å². The zero-order valence-corrected chi connectivity index (χ0v) is 17.6. The first-order valence-corrected chi connectivity index (χ1v) is 8.99. The van der Waals surface area contributed by atoms with E-state index < -0.39 is 0 Å². The minimum absolute atomic E-state index is 0. The Morgan fingerprint density at radius 1 is 1.28 bits per heavy atom. The van der Waals surface area contributed by atoms with Crippen molar-refractivity contribution < 1.29 is 4.79 Å². The van der Waals surface area contributed by atoms with Crippen LogP contribution < -0.4 is 10.6 Å². The molecule has 0 unspecified atom stereocenters. The number of benzene rings is 1. The zero-order valence-electron chi connectivity index (χ0n) is 14.4. The van der Waals surface area contributed by atoms with Gasteiger partial charge in [0.2, 0.25) is 0 Å². The minimum atomic E-state index is -0.00666. The molecule has 0 spiro atoms. The van der Waals surface area contributed by atoms with E-state index in [1.165, 1.54) is 12.8 Å². The maximum Gasteiger partial charge on any atom is 0.252 e. The maximum atomic E-state index is 12.8. The second-order valence-corrected chi connectivity index (χ2v) is 6.96. The number of amides is 1. The van der Waals surface area contributed by atoms with Crippen LogP contribution in [0, 0.1) is 6.92 Å². The molecular formula is C18H24BrCl2N3O. The molecule has 2 N–H and O–H groups in total. The number of hydrogen-bond acceptors (Lipinski definition) is 3. The summed E-state index contributed by atoms with van der Waals surface area (Å²) >= 11 is 3.50. The average Bonchev–Trinajstić information content (AvgIpc) is 3.35. The summed E-state index contributed by atoms with van der Waals surface area (Å²) in [5.74, 6) is 0.518. The first kappa shape index (κ1) is 22.2. The van der Waals surface area contributed by atoms with Gasteiger partial charge in [0.05, 0.1) is 11.1 Å². The molecule has 1 aliphatic rings. The number of hydrogen-bond donors (Lipinski definition) is 2. The molecule has 1 heterocycles. The molecule has 1 saturated carbocycles. The van der Waals surface area contributed by atoms with Gasteiger partial charge < -0.3 is 10.6 Å². The van der Waals surface area contributed by atoms with E-state index in [4.69, 9.17) is 4.98 Å². The van der Waals surface area contributed by atoms with Crippen LogP contribution in [0.5, 0.6) is 0 Å². The van der Waals surface area contributed by atoms with E-state index >= 15 is 0 Å². The van der Waals surface area contributed by atoms with Crippen LogP contribution in [0.25, 0.3) is 10.9 Å². The molecule has 0 bridgehead atoms. The summed E-state index contributed by atoms with van der Waals surface area (Å²) in [6.45, 7) is 6.40. The second-order valence-electron chi connectivity index (χ2n) is 6.04. The van der Waals surface area contributed by atoms with Crippen molar-refractivity contribution >= 4 is 57.6 Å². The summed E-state index contributed by atoms with van der Waals surface area (Å²) in [6.07, 6.45) is 2.36. The number of carbonyl (C=O) groups excluding carboxylic acids is 1. The normalized spacial score (nSPS) is 13.1. The highest BCUT2D eigenvalue weighted by Gasteiger charge is 2.29. The van der Waals surface area contributed by atoms with Crippen LogP contribution >= 0.6 is 40.7 Å². The maximum absolute atomic E-state index is 12.8. The Hall–Kier alpha value is -0.880.